The lowest BCUT2D eigenvalue weighted by Crippen LogP contribution is -2.18. The summed E-state index contributed by atoms with van der Waals surface area (Å²) in [5, 5.41) is 0. The quantitative estimate of drug-likeness (QED) is 0.323. The summed E-state index contributed by atoms with van der Waals surface area (Å²) < 4.78 is 16.5. The molecule has 0 saturated heterocycles. The van der Waals surface area contributed by atoms with E-state index in [1.54, 1.807) is 10.9 Å². The van der Waals surface area contributed by atoms with Gasteiger partial charge in [0.2, 0.25) is 0 Å². The molecule has 1 aromatic carbocycles. The van der Waals surface area contributed by atoms with Crippen molar-refractivity contribution in [2.75, 3.05) is 19.8 Å². The Morgan fingerprint density at radius 3 is 2.59 bits per heavy atom. The molecule has 2 aromatic rings. The lowest BCUT2D eigenvalue weighted by Gasteiger charge is -2.13. The SMILES string of the molecule is C=C(COC(=O)OCCOC(=O)Cn1cnc2ccccc21)CC(CC)C(C)=O. The maximum atomic E-state index is 11.9. The van der Waals surface area contributed by atoms with Crippen LogP contribution in [0, 0.1) is 5.92 Å². The van der Waals surface area contributed by atoms with Gasteiger partial charge in [0, 0.05) is 5.92 Å². The van der Waals surface area contributed by atoms with Gasteiger partial charge in [0.1, 0.15) is 32.1 Å². The normalized spacial score (nSPS) is 11.7. The first kappa shape index (κ1) is 22.1. The molecule has 1 heterocycles. The van der Waals surface area contributed by atoms with Crippen LogP contribution in [0.5, 0.6) is 0 Å². The molecule has 0 spiro atoms. The highest BCUT2D eigenvalue weighted by atomic mass is 16.7. The van der Waals surface area contributed by atoms with Crippen molar-refractivity contribution >= 4 is 28.9 Å². The molecule has 0 aliphatic heterocycles. The minimum atomic E-state index is -0.876. The van der Waals surface area contributed by atoms with Crippen molar-refractivity contribution in [1.82, 2.24) is 9.55 Å². The molecule has 0 saturated carbocycles. The second-order valence-electron chi connectivity index (χ2n) is 6.64. The van der Waals surface area contributed by atoms with Gasteiger partial charge in [0.15, 0.2) is 0 Å². The lowest BCUT2D eigenvalue weighted by molar-refractivity contribution is -0.145. The summed E-state index contributed by atoms with van der Waals surface area (Å²) >= 11 is 0. The van der Waals surface area contributed by atoms with Gasteiger partial charge in [-0.15, -0.1) is 0 Å². The second-order valence-corrected chi connectivity index (χ2v) is 6.64. The number of ketones is 1. The van der Waals surface area contributed by atoms with E-state index < -0.39 is 12.1 Å². The van der Waals surface area contributed by atoms with Gasteiger partial charge in [0.05, 0.1) is 17.4 Å². The number of aromatic nitrogens is 2. The van der Waals surface area contributed by atoms with E-state index in [1.807, 2.05) is 31.2 Å². The topological polar surface area (TPSA) is 96.7 Å². The number of rotatable bonds is 11. The molecule has 156 valence electrons. The highest BCUT2D eigenvalue weighted by Crippen LogP contribution is 2.15. The van der Waals surface area contributed by atoms with E-state index in [4.69, 9.17) is 14.2 Å². The van der Waals surface area contributed by atoms with Gasteiger partial charge in [-0.05, 0) is 37.5 Å². The van der Waals surface area contributed by atoms with Crippen molar-refractivity contribution < 1.29 is 28.6 Å². The second kappa shape index (κ2) is 11.0. The summed E-state index contributed by atoms with van der Waals surface area (Å²) in [5.74, 6) is -0.496. The molecule has 0 N–H and O–H groups in total. The summed E-state index contributed by atoms with van der Waals surface area (Å²) in [6.45, 7) is 7.07. The molecule has 1 unspecified atom stereocenters. The minimum Gasteiger partial charge on any atom is -0.461 e. The third-order valence-electron chi connectivity index (χ3n) is 4.39. The average molecular weight is 402 g/mol. The molecule has 0 radical (unpaired) electrons. The average Bonchev–Trinajstić information content (AvgIpc) is 3.10. The van der Waals surface area contributed by atoms with Crippen LogP contribution >= 0.6 is 0 Å². The Labute approximate surface area is 169 Å². The van der Waals surface area contributed by atoms with E-state index in [1.165, 1.54) is 6.92 Å². The Hall–Kier alpha value is -3.16. The molecule has 0 aliphatic carbocycles. The number of Topliss-reactive ketones (excluding diaryl/α,β-unsaturated/α-hetero) is 1. The number of imidazole rings is 1. The molecule has 8 heteroatoms. The molecule has 1 atom stereocenters. The van der Waals surface area contributed by atoms with Crippen LogP contribution in [0.15, 0.2) is 42.7 Å². The van der Waals surface area contributed by atoms with Crippen LogP contribution in [0.2, 0.25) is 0 Å². The molecule has 2 rings (SSSR count). The largest absolute Gasteiger partial charge is 0.508 e. The van der Waals surface area contributed by atoms with Crippen molar-refractivity contribution in [3.8, 4) is 0 Å². The van der Waals surface area contributed by atoms with Crippen LogP contribution in [0.4, 0.5) is 4.79 Å². The molecule has 1 aromatic heterocycles. The fraction of sp³-hybridized carbons (Fsp3) is 0.429. The van der Waals surface area contributed by atoms with Crippen LogP contribution in [0.3, 0.4) is 0 Å². The Bertz CT molecular complexity index is 873. The van der Waals surface area contributed by atoms with Gasteiger partial charge in [-0.2, -0.15) is 0 Å². The number of carbonyl (C=O) groups excluding carboxylic acids is 3. The van der Waals surface area contributed by atoms with Crippen molar-refractivity contribution in [1.29, 1.82) is 0 Å². The fourth-order valence-corrected chi connectivity index (χ4v) is 2.79. The van der Waals surface area contributed by atoms with Crippen molar-refractivity contribution in [2.45, 2.75) is 33.2 Å². The van der Waals surface area contributed by atoms with E-state index in [9.17, 15) is 14.4 Å². The molecule has 29 heavy (non-hydrogen) atoms. The number of nitrogens with zero attached hydrogens (tertiary/aromatic N) is 2. The van der Waals surface area contributed by atoms with Crippen LogP contribution in [-0.4, -0.2) is 47.3 Å². The van der Waals surface area contributed by atoms with Gasteiger partial charge in [-0.1, -0.05) is 25.6 Å². The number of hydrogen-bond acceptors (Lipinski definition) is 7. The molecular formula is C21H26N2O6. The number of hydrogen-bond donors (Lipinski definition) is 0. The van der Waals surface area contributed by atoms with Crippen LogP contribution in [0.1, 0.15) is 26.7 Å². The van der Waals surface area contributed by atoms with E-state index in [0.29, 0.717) is 18.4 Å². The van der Waals surface area contributed by atoms with Gasteiger partial charge in [-0.3, -0.25) is 9.59 Å². The molecule has 0 bridgehead atoms. The zero-order valence-corrected chi connectivity index (χ0v) is 16.8. The number of carbonyl (C=O) groups is 3. The zero-order valence-electron chi connectivity index (χ0n) is 16.8. The maximum Gasteiger partial charge on any atom is 0.508 e. The first-order valence-electron chi connectivity index (χ1n) is 9.42. The number of esters is 1. The molecule has 8 nitrogen and oxygen atoms in total. The van der Waals surface area contributed by atoms with Gasteiger partial charge < -0.3 is 18.8 Å². The number of para-hydroxylation sites is 2. The van der Waals surface area contributed by atoms with E-state index in [0.717, 1.165) is 11.0 Å². The van der Waals surface area contributed by atoms with Crippen LogP contribution in [0.25, 0.3) is 11.0 Å². The smallest absolute Gasteiger partial charge is 0.461 e. The van der Waals surface area contributed by atoms with E-state index in [2.05, 4.69) is 11.6 Å². The number of fused-ring (bicyclic) bond motifs is 1. The van der Waals surface area contributed by atoms with Crippen molar-refractivity contribution in [3.05, 3.63) is 42.7 Å². The standard InChI is InChI=1S/C21H26N2O6/c1-4-17(16(3)24)11-15(2)13-29-21(26)28-10-9-27-20(25)12-23-14-22-18-7-5-6-8-19(18)23/h5-8,14,17H,2,4,9-13H2,1,3H3. The Morgan fingerprint density at radius 2 is 1.86 bits per heavy atom. The fourth-order valence-electron chi connectivity index (χ4n) is 2.79. The van der Waals surface area contributed by atoms with E-state index >= 15 is 0 Å². The zero-order chi connectivity index (χ0) is 21.2. The Kier molecular flexibility index (Phi) is 8.39. The molecular weight excluding hydrogens is 376 g/mol. The third-order valence-corrected chi connectivity index (χ3v) is 4.39. The highest BCUT2D eigenvalue weighted by Gasteiger charge is 2.14. The minimum absolute atomic E-state index is 0.0134. The van der Waals surface area contributed by atoms with E-state index in [-0.39, 0.29) is 38.1 Å². The summed E-state index contributed by atoms with van der Waals surface area (Å²) in [5.41, 5.74) is 2.27. The third kappa shape index (κ3) is 7.06. The number of ether oxygens (including phenoxy) is 3. The van der Waals surface area contributed by atoms with Gasteiger partial charge in [0.25, 0.3) is 0 Å². The van der Waals surface area contributed by atoms with Crippen molar-refractivity contribution in [2.24, 2.45) is 5.92 Å². The summed E-state index contributed by atoms with van der Waals surface area (Å²) in [6, 6.07) is 7.45. The van der Waals surface area contributed by atoms with Crippen LogP contribution in [-0.2, 0) is 30.3 Å². The first-order chi connectivity index (χ1) is 13.9. The Balaban J connectivity index is 1.62. The lowest BCUT2D eigenvalue weighted by atomic mass is 9.94. The summed E-state index contributed by atoms with van der Waals surface area (Å²) in [6.07, 6.45) is 1.87. The summed E-state index contributed by atoms with van der Waals surface area (Å²) in [7, 11) is 0. The maximum absolute atomic E-state index is 11.9. The Morgan fingerprint density at radius 1 is 1.14 bits per heavy atom. The molecule has 0 aliphatic rings. The molecule has 0 fully saturated rings. The highest BCUT2D eigenvalue weighted by molar-refractivity contribution is 5.78. The predicted octanol–water partition coefficient (Wildman–Crippen LogP) is 3.29. The first-order valence-corrected chi connectivity index (χ1v) is 9.42. The monoisotopic (exact) mass is 402 g/mol. The van der Waals surface area contributed by atoms with Crippen LogP contribution < -0.4 is 0 Å². The summed E-state index contributed by atoms with van der Waals surface area (Å²) in [4.78, 5) is 39.1. The molecule has 0 amide bonds. The number of benzene rings is 1. The van der Waals surface area contributed by atoms with Gasteiger partial charge in [-0.25, -0.2) is 9.78 Å². The van der Waals surface area contributed by atoms with Gasteiger partial charge >= 0.3 is 12.1 Å². The predicted molar refractivity (Wildman–Crippen MR) is 106 cm³/mol. The van der Waals surface area contributed by atoms with Crippen molar-refractivity contribution in [3.63, 3.8) is 0 Å².